The molecule has 2 aromatic carbocycles. The monoisotopic (exact) mass is 563 g/mol. The maximum Gasteiger partial charge on any atom is 0.244 e. The van der Waals surface area contributed by atoms with Gasteiger partial charge in [0.05, 0.1) is 11.9 Å². The number of hydrogen-bond acceptors (Lipinski definition) is 4. The van der Waals surface area contributed by atoms with Crippen molar-refractivity contribution in [2.24, 2.45) is 0 Å². The predicted octanol–water partition coefficient (Wildman–Crippen LogP) is 4.47. The topological polar surface area (TPSA) is 86.8 Å². The fourth-order valence-corrected chi connectivity index (χ4v) is 5.97. The third-order valence-electron chi connectivity index (χ3n) is 6.33. The van der Waals surface area contributed by atoms with E-state index in [1.807, 2.05) is 37.3 Å². The summed E-state index contributed by atoms with van der Waals surface area (Å²) < 4.78 is 27.0. The van der Waals surface area contributed by atoms with Crippen molar-refractivity contribution in [3.8, 4) is 0 Å². The zero-order chi connectivity index (χ0) is 25.4. The standard InChI is InChI=1S/C26H34BrN3O4S/c1-3-23(26(32)28-21-14-8-5-9-15-21)29(18-20-12-6-4-7-13-20)25(31)19-30(35(2,33)34)24-17-11-10-16-22(24)27/h4,6-7,10-13,16-17,21,23H,3,5,8-9,14-15,18-19H2,1-2H3,(H,28,32)/t23-/m0/s1. The summed E-state index contributed by atoms with van der Waals surface area (Å²) in [6.45, 7) is 1.68. The summed E-state index contributed by atoms with van der Waals surface area (Å²) >= 11 is 3.40. The molecule has 35 heavy (non-hydrogen) atoms. The number of rotatable bonds is 10. The van der Waals surface area contributed by atoms with E-state index in [0.29, 0.717) is 16.6 Å². The van der Waals surface area contributed by atoms with Crippen molar-refractivity contribution in [2.75, 3.05) is 17.1 Å². The van der Waals surface area contributed by atoms with Gasteiger partial charge >= 0.3 is 0 Å². The van der Waals surface area contributed by atoms with Crippen LogP contribution in [0.3, 0.4) is 0 Å². The molecule has 0 bridgehead atoms. The summed E-state index contributed by atoms with van der Waals surface area (Å²) in [5.74, 6) is -0.615. The highest BCUT2D eigenvalue weighted by molar-refractivity contribution is 9.10. The Morgan fingerprint density at radius 2 is 1.66 bits per heavy atom. The van der Waals surface area contributed by atoms with Crippen LogP contribution in [0.5, 0.6) is 0 Å². The Morgan fingerprint density at radius 3 is 2.26 bits per heavy atom. The van der Waals surface area contributed by atoms with Crippen LogP contribution in [-0.2, 0) is 26.2 Å². The molecule has 2 aromatic rings. The fraction of sp³-hybridized carbons (Fsp3) is 0.462. The summed E-state index contributed by atoms with van der Waals surface area (Å²) in [5, 5.41) is 3.14. The van der Waals surface area contributed by atoms with Gasteiger partial charge in [-0.1, -0.05) is 68.7 Å². The van der Waals surface area contributed by atoms with E-state index < -0.39 is 28.5 Å². The van der Waals surface area contributed by atoms with Crippen molar-refractivity contribution in [1.29, 1.82) is 0 Å². The summed E-state index contributed by atoms with van der Waals surface area (Å²) in [5.41, 5.74) is 1.25. The molecule has 3 rings (SSSR count). The van der Waals surface area contributed by atoms with E-state index in [1.54, 1.807) is 24.3 Å². The van der Waals surface area contributed by atoms with Gasteiger partial charge in [-0.05, 0) is 52.9 Å². The van der Waals surface area contributed by atoms with Gasteiger partial charge in [0.2, 0.25) is 21.8 Å². The lowest BCUT2D eigenvalue weighted by Crippen LogP contribution is -2.54. The second-order valence-corrected chi connectivity index (χ2v) is 11.8. The van der Waals surface area contributed by atoms with E-state index in [1.165, 1.54) is 11.3 Å². The van der Waals surface area contributed by atoms with Gasteiger partial charge in [0.15, 0.2) is 0 Å². The molecular formula is C26H34BrN3O4S. The van der Waals surface area contributed by atoms with Crippen LogP contribution in [0.4, 0.5) is 5.69 Å². The van der Waals surface area contributed by atoms with Crippen molar-refractivity contribution >= 4 is 43.5 Å². The van der Waals surface area contributed by atoms with Crippen LogP contribution in [0.25, 0.3) is 0 Å². The summed E-state index contributed by atoms with van der Waals surface area (Å²) in [4.78, 5) is 28.6. The molecular weight excluding hydrogens is 530 g/mol. The lowest BCUT2D eigenvalue weighted by atomic mass is 9.95. The maximum absolute atomic E-state index is 13.7. The third kappa shape index (κ3) is 7.54. The average Bonchev–Trinajstić information content (AvgIpc) is 2.83. The number of halogens is 1. The van der Waals surface area contributed by atoms with Crippen LogP contribution in [-0.4, -0.2) is 50.0 Å². The Kier molecular flexibility index (Phi) is 9.74. The molecule has 0 heterocycles. The molecule has 1 saturated carbocycles. The molecule has 1 atom stereocenters. The van der Waals surface area contributed by atoms with Crippen molar-refractivity contribution < 1.29 is 18.0 Å². The van der Waals surface area contributed by atoms with Gasteiger partial charge in [0, 0.05) is 17.1 Å². The second kappa shape index (κ2) is 12.5. The number of sulfonamides is 1. The maximum atomic E-state index is 13.7. The van der Waals surface area contributed by atoms with Gasteiger partial charge in [-0.2, -0.15) is 0 Å². The number of hydrogen-bond donors (Lipinski definition) is 1. The predicted molar refractivity (Wildman–Crippen MR) is 142 cm³/mol. The van der Waals surface area contributed by atoms with E-state index in [0.717, 1.165) is 41.8 Å². The van der Waals surface area contributed by atoms with Crippen LogP contribution in [0.2, 0.25) is 0 Å². The van der Waals surface area contributed by atoms with Crippen LogP contribution >= 0.6 is 15.9 Å². The van der Waals surface area contributed by atoms with Gasteiger partial charge in [-0.25, -0.2) is 8.42 Å². The van der Waals surface area contributed by atoms with Gasteiger partial charge in [0.1, 0.15) is 12.6 Å². The van der Waals surface area contributed by atoms with Crippen LogP contribution in [0.15, 0.2) is 59.1 Å². The smallest absolute Gasteiger partial charge is 0.244 e. The molecule has 1 fully saturated rings. The lowest BCUT2D eigenvalue weighted by molar-refractivity contribution is -0.140. The molecule has 0 radical (unpaired) electrons. The molecule has 0 unspecified atom stereocenters. The van der Waals surface area contributed by atoms with Gasteiger partial charge in [0.25, 0.3) is 0 Å². The number of benzene rings is 2. The average molecular weight is 565 g/mol. The minimum absolute atomic E-state index is 0.117. The van der Waals surface area contributed by atoms with Gasteiger partial charge in [-0.15, -0.1) is 0 Å². The van der Waals surface area contributed by atoms with Crippen LogP contribution in [0, 0.1) is 0 Å². The molecule has 0 aromatic heterocycles. The first-order valence-corrected chi connectivity index (χ1v) is 14.7. The Balaban J connectivity index is 1.90. The number of carbonyl (C=O) groups excluding carboxylic acids is 2. The molecule has 1 aliphatic carbocycles. The summed E-state index contributed by atoms with van der Waals surface area (Å²) in [7, 11) is -3.76. The van der Waals surface area contributed by atoms with Gasteiger partial charge in [-0.3, -0.25) is 13.9 Å². The zero-order valence-corrected chi connectivity index (χ0v) is 22.7. The first kappa shape index (κ1) is 27.2. The molecule has 0 spiro atoms. The van der Waals surface area contributed by atoms with E-state index >= 15 is 0 Å². The fourth-order valence-electron chi connectivity index (χ4n) is 4.49. The van der Waals surface area contributed by atoms with Gasteiger partial charge < -0.3 is 10.2 Å². The minimum atomic E-state index is -3.76. The van der Waals surface area contributed by atoms with Crippen molar-refractivity contribution in [1.82, 2.24) is 10.2 Å². The van der Waals surface area contributed by atoms with E-state index in [-0.39, 0.29) is 18.5 Å². The number of amides is 2. The normalized spacial score (nSPS) is 15.3. The third-order valence-corrected chi connectivity index (χ3v) is 8.13. The first-order valence-electron chi connectivity index (χ1n) is 12.1. The molecule has 2 amide bonds. The second-order valence-electron chi connectivity index (χ2n) is 9.00. The van der Waals surface area contributed by atoms with E-state index in [4.69, 9.17) is 0 Å². The Morgan fingerprint density at radius 1 is 1.03 bits per heavy atom. The zero-order valence-electron chi connectivity index (χ0n) is 20.3. The highest BCUT2D eigenvalue weighted by Gasteiger charge is 2.33. The summed E-state index contributed by atoms with van der Waals surface area (Å²) in [6, 6.07) is 15.7. The molecule has 1 aliphatic rings. The highest BCUT2D eigenvalue weighted by Crippen LogP contribution is 2.28. The van der Waals surface area contributed by atoms with E-state index in [9.17, 15) is 18.0 Å². The van der Waals surface area contributed by atoms with Crippen molar-refractivity contribution in [3.05, 3.63) is 64.6 Å². The Labute approximate surface area is 217 Å². The Bertz CT molecular complexity index is 1100. The minimum Gasteiger partial charge on any atom is -0.352 e. The first-order chi connectivity index (χ1) is 16.7. The number of anilines is 1. The van der Waals surface area contributed by atoms with Crippen molar-refractivity contribution in [3.63, 3.8) is 0 Å². The number of nitrogens with one attached hydrogen (secondary N) is 1. The summed E-state index contributed by atoms with van der Waals surface area (Å²) in [6.07, 6.45) is 6.74. The molecule has 190 valence electrons. The molecule has 1 N–H and O–H groups in total. The van der Waals surface area contributed by atoms with E-state index in [2.05, 4.69) is 21.2 Å². The van der Waals surface area contributed by atoms with Crippen LogP contribution < -0.4 is 9.62 Å². The SMILES string of the molecule is CC[C@@H](C(=O)NC1CCCCC1)N(Cc1ccccc1)C(=O)CN(c1ccccc1Br)S(C)(=O)=O. The highest BCUT2D eigenvalue weighted by atomic mass is 79.9. The largest absolute Gasteiger partial charge is 0.352 e. The molecule has 0 saturated heterocycles. The molecule has 0 aliphatic heterocycles. The number of para-hydroxylation sites is 1. The molecule has 9 heteroatoms. The lowest BCUT2D eigenvalue weighted by Gasteiger charge is -2.34. The molecule has 7 nitrogen and oxygen atoms in total. The number of nitrogens with zero attached hydrogens (tertiary/aromatic N) is 2. The van der Waals surface area contributed by atoms with Crippen molar-refractivity contribution in [2.45, 2.75) is 64.1 Å². The Hall–Kier alpha value is -2.39. The quantitative estimate of drug-likeness (QED) is 0.462. The number of carbonyl (C=O) groups is 2. The van der Waals surface area contributed by atoms with Crippen LogP contribution in [0.1, 0.15) is 51.0 Å².